The summed E-state index contributed by atoms with van der Waals surface area (Å²) in [4.78, 5) is 6.98. The summed E-state index contributed by atoms with van der Waals surface area (Å²) in [5, 5.41) is 0. The van der Waals surface area contributed by atoms with Gasteiger partial charge in [0.1, 0.15) is 5.82 Å². The molecule has 1 aliphatic rings. The van der Waals surface area contributed by atoms with Gasteiger partial charge in [-0.15, -0.1) is 0 Å². The Morgan fingerprint density at radius 3 is 2.94 bits per heavy atom. The predicted octanol–water partition coefficient (Wildman–Crippen LogP) is 1.18. The van der Waals surface area contributed by atoms with Gasteiger partial charge in [0, 0.05) is 25.0 Å². The molecule has 102 valence electrons. The summed E-state index contributed by atoms with van der Waals surface area (Å²) < 4.78 is 28.8. The van der Waals surface area contributed by atoms with Gasteiger partial charge in [0.2, 0.25) is 0 Å². The van der Waals surface area contributed by atoms with Crippen LogP contribution < -0.4 is 4.72 Å². The Labute approximate surface area is 108 Å². The lowest BCUT2D eigenvalue weighted by Gasteiger charge is -2.32. The summed E-state index contributed by atoms with van der Waals surface area (Å²) in [6, 6.07) is -0.279. The van der Waals surface area contributed by atoms with E-state index in [1.54, 1.807) is 23.6 Å². The van der Waals surface area contributed by atoms with E-state index in [4.69, 9.17) is 0 Å². The minimum Gasteiger partial charge on any atom is -0.347 e. The first kappa shape index (κ1) is 13.5. The lowest BCUT2D eigenvalue weighted by molar-refractivity contribution is 0.264. The maximum atomic E-state index is 12.3. The van der Waals surface area contributed by atoms with Gasteiger partial charge < -0.3 is 4.98 Å². The van der Waals surface area contributed by atoms with Gasteiger partial charge in [0.05, 0.1) is 6.04 Å². The molecule has 1 saturated heterocycles. The second-order valence-corrected chi connectivity index (χ2v) is 6.43. The van der Waals surface area contributed by atoms with Crippen molar-refractivity contribution in [2.24, 2.45) is 0 Å². The zero-order valence-electron chi connectivity index (χ0n) is 10.8. The third-order valence-corrected chi connectivity index (χ3v) is 5.12. The molecule has 1 aliphatic heterocycles. The molecule has 18 heavy (non-hydrogen) atoms. The minimum atomic E-state index is -3.43. The second-order valence-electron chi connectivity index (χ2n) is 4.77. The van der Waals surface area contributed by atoms with Crippen molar-refractivity contribution in [1.29, 1.82) is 0 Å². The van der Waals surface area contributed by atoms with Gasteiger partial charge in [0.25, 0.3) is 10.2 Å². The highest BCUT2D eigenvalue weighted by atomic mass is 32.2. The van der Waals surface area contributed by atoms with Gasteiger partial charge in [0.15, 0.2) is 0 Å². The van der Waals surface area contributed by atoms with Gasteiger partial charge in [-0.2, -0.15) is 17.4 Å². The molecule has 2 N–H and O–H groups in total. The molecule has 0 aromatic carbocycles. The first-order valence-corrected chi connectivity index (χ1v) is 7.73. The fraction of sp³-hybridized carbons (Fsp3) is 0.727. The van der Waals surface area contributed by atoms with Crippen LogP contribution in [-0.4, -0.2) is 35.3 Å². The van der Waals surface area contributed by atoms with Crippen molar-refractivity contribution in [3.63, 3.8) is 0 Å². The Hall–Kier alpha value is -0.920. The third-order valence-electron chi connectivity index (χ3n) is 3.31. The summed E-state index contributed by atoms with van der Waals surface area (Å²) in [6.45, 7) is 4.34. The van der Waals surface area contributed by atoms with Crippen LogP contribution in [-0.2, 0) is 10.2 Å². The van der Waals surface area contributed by atoms with Crippen LogP contribution in [0, 0.1) is 0 Å². The Kier molecular flexibility index (Phi) is 4.04. The van der Waals surface area contributed by atoms with Crippen LogP contribution in [0.3, 0.4) is 0 Å². The molecule has 2 unspecified atom stereocenters. The molecule has 1 aromatic heterocycles. The fourth-order valence-corrected chi connectivity index (χ4v) is 3.93. The fourth-order valence-electron chi connectivity index (χ4n) is 2.29. The highest BCUT2D eigenvalue weighted by molar-refractivity contribution is 7.87. The molecule has 0 aliphatic carbocycles. The summed E-state index contributed by atoms with van der Waals surface area (Å²) in [5.41, 5.74) is 0. The first-order chi connectivity index (χ1) is 8.50. The lowest BCUT2D eigenvalue weighted by Crippen LogP contribution is -2.48. The number of piperidine rings is 1. The minimum absolute atomic E-state index is 0.0695. The standard InChI is InChI=1S/C11H20N4O2S/c1-9-5-3-4-8-15(9)18(16,17)14-10(2)11-12-6-7-13-11/h6-7,9-10,14H,3-5,8H2,1-2H3,(H,12,13). The lowest BCUT2D eigenvalue weighted by atomic mass is 10.1. The molecule has 0 bridgehead atoms. The van der Waals surface area contributed by atoms with Crippen LogP contribution in [0.2, 0.25) is 0 Å². The molecule has 2 heterocycles. The van der Waals surface area contributed by atoms with E-state index in [0.717, 1.165) is 19.3 Å². The van der Waals surface area contributed by atoms with E-state index < -0.39 is 10.2 Å². The summed E-state index contributed by atoms with van der Waals surface area (Å²) in [6.07, 6.45) is 6.25. The van der Waals surface area contributed by atoms with Crippen LogP contribution in [0.25, 0.3) is 0 Å². The Balaban J connectivity index is 2.07. The summed E-state index contributed by atoms with van der Waals surface area (Å²) >= 11 is 0. The molecular formula is C11H20N4O2S. The number of nitrogens with zero attached hydrogens (tertiary/aromatic N) is 2. The van der Waals surface area contributed by atoms with Crippen molar-refractivity contribution in [2.45, 2.75) is 45.2 Å². The number of aromatic nitrogens is 2. The molecular weight excluding hydrogens is 252 g/mol. The van der Waals surface area contributed by atoms with Crippen molar-refractivity contribution in [1.82, 2.24) is 19.0 Å². The topological polar surface area (TPSA) is 78.1 Å². The van der Waals surface area contributed by atoms with Crippen LogP contribution in [0.1, 0.15) is 45.0 Å². The van der Waals surface area contributed by atoms with Crippen molar-refractivity contribution in [3.05, 3.63) is 18.2 Å². The molecule has 2 rings (SSSR count). The van der Waals surface area contributed by atoms with E-state index in [9.17, 15) is 8.42 Å². The van der Waals surface area contributed by atoms with Gasteiger partial charge in [-0.1, -0.05) is 6.42 Å². The average Bonchev–Trinajstić information content (AvgIpc) is 2.82. The maximum Gasteiger partial charge on any atom is 0.280 e. The van der Waals surface area contributed by atoms with E-state index >= 15 is 0 Å². The average molecular weight is 272 g/mol. The molecule has 2 atom stereocenters. The molecule has 6 nitrogen and oxygen atoms in total. The van der Waals surface area contributed by atoms with E-state index in [1.165, 1.54) is 0 Å². The summed E-state index contributed by atoms with van der Waals surface area (Å²) in [7, 11) is -3.43. The van der Waals surface area contributed by atoms with Gasteiger partial charge in [-0.3, -0.25) is 0 Å². The molecule has 0 radical (unpaired) electrons. The number of H-pyrrole nitrogens is 1. The third kappa shape index (κ3) is 2.90. The van der Waals surface area contributed by atoms with Crippen molar-refractivity contribution >= 4 is 10.2 Å². The van der Waals surface area contributed by atoms with E-state index in [-0.39, 0.29) is 12.1 Å². The van der Waals surface area contributed by atoms with Gasteiger partial charge in [-0.05, 0) is 26.7 Å². The number of hydrogen-bond donors (Lipinski definition) is 2. The highest BCUT2D eigenvalue weighted by Crippen LogP contribution is 2.20. The van der Waals surface area contributed by atoms with Crippen LogP contribution >= 0.6 is 0 Å². The zero-order chi connectivity index (χ0) is 13.2. The largest absolute Gasteiger partial charge is 0.347 e. The Morgan fingerprint density at radius 1 is 1.56 bits per heavy atom. The second kappa shape index (κ2) is 5.38. The van der Waals surface area contributed by atoms with Gasteiger partial charge >= 0.3 is 0 Å². The Bertz CT molecular complexity index is 471. The molecule has 0 amide bonds. The molecule has 0 saturated carbocycles. The SMILES string of the molecule is CC(NS(=O)(=O)N1CCCCC1C)c1ncc[nH]1. The summed E-state index contributed by atoms with van der Waals surface area (Å²) in [5.74, 6) is 0.628. The quantitative estimate of drug-likeness (QED) is 0.864. The highest BCUT2D eigenvalue weighted by Gasteiger charge is 2.30. The Morgan fingerprint density at radius 2 is 2.33 bits per heavy atom. The van der Waals surface area contributed by atoms with Gasteiger partial charge in [-0.25, -0.2) is 4.98 Å². The molecule has 0 spiro atoms. The van der Waals surface area contributed by atoms with Crippen LogP contribution in [0.5, 0.6) is 0 Å². The molecule has 1 fully saturated rings. The maximum absolute atomic E-state index is 12.3. The first-order valence-electron chi connectivity index (χ1n) is 6.29. The number of rotatable bonds is 4. The van der Waals surface area contributed by atoms with E-state index in [2.05, 4.69) is 14.7 Å². The normalized spacial score (nSPS) is 24.0. The molecule has 7 heteroatoms. The monoisotopic (exact) mass is 272 g/mol. The van der Waals surface area contributed by atoms with Crippen LogP contribution in [0.15, 0.2) is 12.4 Å². The number of aromatic amines is 1. The van der Waals surface area contributed by atoms with E-state index in [0.29, 0.717) is 12.4 Å². The van der Waals surface area contributed by atoms with Crippen LogP contribution in [0.4, 0.5) is 0 Å². The number of hydrogen-bond acceptors (Lipinski definition) is 3. The van der Waals surface area contributed by atoms with Crippen molar-refractivity contribution in [2.75, 3.05) is 6.54 Å². The number of imidazole rings is 1. The molecule has 1 aromatic rings. The zero-order valence-corrected chi connectivity index (χ0v) is 11.6. The van der Waals surface area contributed by atoms with E-state index in [1.807, 2.05) is 6.92 Å². The predicted molar refractivity (Wildman–Crippen MR) is 69.1 cm³/mol. The smallest absolute Gasteiger partial charge is 0.280 e. The van der Waals surface area contributed by atoms with Crippen molar-refractivity contribution in [3.8, 4) is 0 Å². The van der Waals surface area contributed by atoms with Crippen molar-refractivity contribution < 1.29 is 8.42 Å². The number of nitrogens with one attached hydrogen (secondary N) is 2.